The van der Waals surface area contributed by atoms with E-state index in [4.69, 9.17) is 10.2 Å². The molecule has 9 heteroatoms. The van der Waals surface area contributed by atoms with Gasteiger partial charge < -0.3 is 15.1 Å². The molecule has 7 nitrogen and oxygen atoms in total. The van der Waals surface area contributed by atoms with Crippen LogP contribution in [0.15, 0.2) is 32.4 Å². The number of furan rings is 1. The number of halogens is 1. The largest absolute Gasteiger partial charge is 0.452 e. The molecule has 2 rings (SSSR count). The highest BCUT2D eigenvalue weighted by Crippen LogP contribution is 2.25. The molecule has 0 saturated carbocycles. The van der Waals surface area contributed by atoms with Gasteiger partial charge >= 0.3 is 0 Å². The maximum Gasteiger partial charge on any atom is 0.244 e. The summed E-state index contributed by atoms with van der Waals surface area (Å²) in [7, 11) is -3.60. The molecule has 0 fully saturated rings. The molecule has 2 aromatic rings. The van der Waals surface area contributed by atoms with Crippen LogP contribution in [0.5, 0.6) is 0 Å². The Morgan fingerprint density at radius 2 is 2.30 bits per heavy atom. The van der Waals surface area contributed by atoms with E-state index in [0.717, 1.165) is 5.82 Å². The first-order chi connectivity index (χ1) is 9.53. The zero-order chi connectivity index (χ0) is 14.6. The number of nitrogens with zero attached hydrogens (tertiary/aromatic N) is 1. The monoisotopic (exact) mass is 362 g/mol. The molecular weight excluding hydrogens is 348 g/mol. The first-order valence-corrected chi connectivity index (χ1v) is 8.27. The number of nitrogens with two attached hydrogens (primary N) is 1. The fourth-order valence-corrected chi connectivity index (χ4v) is 3.73. The molecule has 0 bridgehead atoms. The van der Waals surface area contributed by atoms with Crippen LogP contribution in [0.25, 0.3) is 0 Å². The second-order valence-corrected chi connectivity index (χ2v) is 6.55. The summed E-state index contributed by atoms with van der Waals surface area (Å²) in [5.41, 5.74) is 5.41. The Morgan fingerprint density at radius 3 is 2.90 bits per heavy atom. The van der Waals surface area contributed by atoms with Crippen LogP contribution in [-0.4, -0.2) is 24.9 Å². The number of rotatable bonds is 7. The Morgan fingerprint density at radius 1 is 1.50 bits per heavy atom. The van der Waals surface area contributed by atoms with Crippen LogP contribution in [-0.2, 0) is 23.0 Å². The van der Waals surface area contributed by atoms with Crippen molar-refractivity contribution in [2.24, 2.45) is 5.73 Å². The van der Waals surface area contributed by atoms with Crippen LogP contribution in [0.1, 0.15) is 18.0 Å². The molecule has 0 atom stereocenters. The van der Waals surface area contributed by atoms with Gasteiger partial charge in [-0.1, -0.05) is 0 Å². The fraction of sp³-hybridized carbons (Fsp3) is 0.364. The third-order valence-electron chi connectivity index (χ3n) is 2.63. The number of hydrogen-bond acceptors (Lipinski definition) is 5. The summed E-state index contributed by atoms with van der Waals surface area (Å²) in [4.78, 5) is 7.10. The normalized spacial score (nSPS) is 11.9. The predicted octanol–water partition coefficient (Wildman–Crippen LogP) is 1.14. The summed E-state index contributed by atoms with van der Waals surface area (Å²) in [6.07, 6.45) is 4.72. The molecule has 0 spiro atoms. The molecule has 0 aliphatic rings. The first-order valence-electron chi connectivity index (χ1n) is 5.99. The molecule has 4 N–H and O–H groups in total. The van der Waals surface area contributed by atoms with E-state index < -0.39 is 10.0 Å². The van der Waals surface area contributed by atoms with Crippen LogP contribution >= 0.6 is 15.9 Å². The molecule has 0 radical (unpaired) electrons. The molecule has 0 aliphatic heterocycles. The number of sulfonamides is 1. The Balaban J connectivity index is 1.91. The zero-order valence-corrected chi connectivity index (χ0v) is 13.0. The maximum atomic E-state index is 12.1. The van der Waals surface area contributed by atoms with Crippen molar-refractivity contribution in [3.63, 3.8) is 0 Å². The van der Waals surface area contributed by atoms with Gasteiger partial charge in [-0.15, -0.1) is 0 Å². The van der Waals surface area contributed by atoms with E-state index in [0.29, 0.717) is 25.1 Å². The van der Waals surface area contributed by atoms with Crippen molar-refractivity contribution in [1.82, 2.24) is 14.7 Å². The third kappa shape index (κ3) is 3.69. The average Bonchev–Trinajstić information content (AvgIpc) is 3.04. The lowest BCUT2D eigenvalue weighted by Crippen LogP contribution is -2.25. The Hall–Kier alpha value is -1.16. The minimum Gasteiger partial charge on any atom is -0.452 e. The molecule has 110 valence electrons. The number of aromatic nitrogens is 2. The Bertz CT molecular complexity index is 651. The number of H-pyrrole nitrogens is 1. The highest BCUT2D eigenvalue weighted by Gasteiger charge is 2.21. The Kier molecular flexibility index (Phi) is 4.97. The lowest BCUT2D eigenvalue weighted by molar-refractivity contribution is 0.483. The molecule has 2 aromatic heterocycles. The lowest BCUT2D eigenvalue weighted by Gasteiger charge is -2.04. The topological polar surface area (TPSA) is 114 Å². The van der Waals surface area contributed by atoms with Crippen LogP contribution in [0.3, 0.4) is 0 Å². The summed E-state index contributed by atoms with van der Waals surface area (Å²) in [5.74, 6) is 1.24. The van der Waals surface area contributed by atoms with Crippen molar-refractivity contribution in [1.29, 1.82) is 0 Å². The van der Waals surface area contributed by atoms with Gasteiger partial charge in [0.1, 0.15) is 16.5 Å². The first kappa shape index (κ1) is 15.2. The van der Waals surface area contributed by atoms with Gasteiger partial charge in [0.15, 0.2) is 4.67 Å². The molecular formula is C11H15BrN4O3S. The summed E-state index contributed by atoms with van der Waals surface area (Å²) >= 11 is 3.08. The quantitative estimate of drug-likeness (QED) is 0.638. The predicted molar refractivity (Wildman–Crippen MR) is 76.4 cm³/mol. The van der Waals surface area contributed by atoms with E-state index in [2.05, 4.69) is 30.6 Å². The molecule has 20 heavy (non-hydrogen) atoms. The molecule has 2 heterocycles. The van der Waals surface area contributed by atoms with Crippen molar-refractivity contribution in [3.8, 4) is 0 Å². The van der Waals surface area contributed by atoms with Crippen LogP contribution in [0, 0.1) is 0 Å². The smallest absolute Gasteiger partial charge is 0.244 e. The average molecular weight is 363 g/mol. The van der Waals surface area contributed by atoms with Crippen molar-refractivity contribution in [2.45, 2.75) is 24.3 Å². The van der Waals surface area contributed by atoms with Gasteiger partial charge in [-0.05, 0) is 22.4 Å². The molecule has 0 amide bonds. The van der Waals surface area contributed by atoms with Crippen LogP contribution in [0.4, 0.5) is 0 Å². The van der Waals surface area contributed by atoms with E-state index in [-0.39, 0.29) is 16.1 Å². The summed E-state index contributed by atoms with van der Waals surface area (Å²) in [6.45, 7) is 0.464. The highest BCUT2D eigenvalue weighted by molar-refractivity contribution is 9.10. The van der Waals surface area contributed by atoms with Gasteiger partial charge in [0.2, 0.25) is 10.0 Å². The summed E-state index contributed by atoms with van der Waals surface area (Å²) in [6, 6.07) is 1.42. The van der Waals surface area contributed by atoms with E-state index in [9.17, 15) is 8.42 Å². The molecule has 0 saturated heterocycles. The Labute approximate surface area is 125 Å². The van der Waals surface area contributed by atoms with E-state index in [1.165, 1.54) is 6.07 Å². The van der Waals surface area contributed by atoms with Crippen molar-refractivity contribution >= 4 is 26.0 Å². The zero-order valence-electron chi connectivity index (χ0n) is 10.6. The van der Waals surface area contributed by atoms with Crippen molar-refractivity contribution in [2.75, 3.05) is 6.54 Å². The summed E-state index contributed by atoms with van der Waals surface area (Å²) < 4.78 is 32.0. The van der Waals surface area contributed by atoms with Gasteiger partial charge in [0.05, 0.1) is 6.54 Å². The lowest BCUT2D eigenvalue weighted by atomic mass is 10.3. The maximum absolute atomic E-state index is 12.1. The highest BCUT2D eigenvalue weighted by atomic mass is 79.9. The van der Waals surface area contributed by atoms with E-state index in [1.54, 1.807) is 12.4 Å². The standard InChI is InChI=1S/C11H15BrN4O3S/c12-11-9(6-8(7-13)19-11)20(17,18)16-3-1-2-10-14-4-5-15-10/h4-6,16H,1-3,7,13H2,(H,14,15). The van der Waals surface area contributed by atoms with Gasteiger partial charge in [-0.25, -0.2) is 18.1 Å². The second kappa shape index (κ2) is 6.53. The number of aryl methyl sites for hydroxylation is 1. The number of hydrogen-bond donors (Lipinski definition) is 3. The van der Waals surface area contributed by atoms with Crippen LogP contribution in [0.2, 0.25) is 0 Å². The number of imidazole rings is 1. The minimum absolute atomic E-state index is 0.0657. The number of nitrogens with one attached hydrogen (secondary N) is 2. The minimum atomic E-state index is -3.60. The van der Waals surface area contributed by atoms with E-state index in [1.807, 2.05) is 0 Å². The van der Waals surface area contributed by atoms with Gasteiger partial charge in [0, 0.05) is 31.4 Å². The molecule has 0 aromatic carbocycles. The molecule has 0 unspecified atom stereocenters. The van der Waals surface area contributed by atoms with Gasteiger partial charge in [0.25, 0.3) is 0 Å². The number of aromatic amines is 1. The second-order valence-electron chi connectivity index (χ2n) is 4.09. The third-order valence-corrected chi connectivity index (χ3v) is 4.95. The van der Waals surface area contributed by atoms with Crippen molar-refractivity contribution in [3.05, 3.63) is 34.7 Å². The summed E-state index contributed by atoms with van der Waals surface area (Å²) in [5, 5.41) is 0. The molecule has 0 aliphatic carbocycles. The van der Waals surface area contributed by atoms with Crippen LogP contribution < -0.4 is 10.5 Å². The van der Waals surface area contributed by atoms with Crippen molar-refractivity contribution < 1.29 is 12.8 Å². The van der Waals surface area contributed by atoms with E-state index >= 15 is 0 Å². The fourth-order valence-electron chi connectivity index (χ4n) is 1.66. The SMILES string of the molecule is NCc1cc(S(=O)(=O)NCCCc2ncc[nH]2)c(Br)o1. The van der Waals surface area contributed by atoms with Gasteiger partial charge in [-0.3, -0.25) is 0 Å². The van der Waals surface area contributed by atoms with Gasteiger partial charge in [-0.2, -0.15) is 0 Å².